The Balaban J connectivity index is 0.000000249. The molecule has 194 valence electrons. The van der Waals surface area contributed by atoms with Crippen molar-refractivity contribution >= 4 is 44.8 Å². The molecule has 0 bridgehead atoms. The zero-order valence-electron chi connectivity index (χ0n) is 21.9. The number of hydrogen-bond donors (Lipinski definition) is 2. The number of imide groups is 1. The standard InChI is InChI=1S/C27H20N2O2.C8H7N/c30-26-23(19-13-11-18(12-14-19)17-6-2-1-3-7-17)24(27(31)28-26)22-16-29-15-5-9-20-8-4-10-21(22)25(20)29;1-2-4-8-7(3-1)5-6-9-8/h1-4,6-8,10-14,16H,5,9,15H2,(H,28,30,31);1-6,9H. The lowest BCUT2D eigenvalue weighted by Crippen LogP contribution is -2.22. The number of carbonyl (C=O) groups excluding carboxylic acids is 2. The Labute approximate surface area is 231 Å². The van der Waals surface area contributed by atoms with Crippen LogP contribution in [0.15, 0.2) is 116 Å². The third-order valence-corrected chi connectivity index (χ3v) is 7.77. The lowest BCUT2D eigenvalue weighted by atomic mass is 9.94. The summed E-state index contributed by atoms with van der Waals surface area (Å²) in [5.41, 5.74) is 8.39. The van der Waals surface area contributed by atoms with Crippen LogP contribution in [0.3, 0.4) is 0 Å². The molecule has 0 radical (unpaired) electrons. The maximum Gasteiger partial charge on any atom is 0.259 e. The number of rotatable bonds is 3. The maximum absolute atomic E-state index is 12.9. The average Bonchev–Trinajstić information content (AvgIpc) is 3.70. The van der Waals surface area contributed by atoms with Crippen LogP contribution in [0.25, 0.3) is 44.1 Å². The van der Waals surface area contributed by atoms with E-state index in [0.29, 0.717) is 11.1 Å². The van der Waals surface area contributed by atoms with Crippen molar-refractivity contribution in [2.75, 3.05) is 0 Å². The van der Waals surface area contributed by atoms with Crippen molar-refractivity contribution in [3.8, 4) is 11.1 Å². The quantitative estimate of drug-likeness (QED) is 0.247. The minimum atomic E-state index is -0.334. The molecule has 5 heteroatoms. The lowest BCUT2D eigenvalue weighted by Gasteiger charge is -2.14. The van der Waals surface area contributed by atoms with Gasteiger partial charge in [0, 0.05) is 35.4 Å². The fourth-order valence-corrected chi connectivity index (χ4v) is 5.90. The molecule has 0 saturated heterocycles. The Kier molecular flexibility index (Phi) is 5.90. The number of aryl methyl sites for hydroxylation is 2. The van der Waals surface area contributed by atoms with E-state index in [9.17, 15) is 9.59 Å². The number of carbonyl (C=O) groups is 2. The highest BCUT2D eigenvalue weighted by molar-refractivity contribution is 6.50. The normalized spacial score (nSPS) is 14.4. The monoisotopic (exact) mass is 521 g/mol. The molecule has 5 nitrogen and oxygen atoms in total. The fourth-order valence-electron chi connectivity index (χ4n) is 5.90. The molecule has 2 N–H and O–H groups in total. The number of fused-ring (bicyclic) bond motifs is 1. The van der Waals surface area contributed by atoms with Crippen molar-refractivity contribution in [3.63, 3.8) is 0 Å². The molecule has 0 aliphatic carbocycles. The second-order valence-corrected chi connectivity index (χ2v) is 10.2. The molecule has 8 rings (SSSR count). The third-order valence-electron chi connectivity index (χ3n) is 7.77. The van der Waals surface area contributed by atoms with Gasteiger partial charge in [-0.1, -0.05) is 91.0 Å². The molecule has 0 atom stereocenters. The first-order valence-corrected chi connectivity index (χ1v) is 13.6. The molecule has 0 fully saturated rings. The van der Waals surface area contributed by atoms with E-state index in [1.165, 1.54) is 22.0 Å². The molecule has 4 heterocycles. The van der Waals surface area contributed by atoms with Gasteiger partial charge in [-0.25, -0.2) is 0 Å². The number of amides is 2. The van der Waals surface area contributed by atoms with Crippen LogP contribution in [0.4, 0.5) is 0 Å². The number of para-hydroxylation sites is 2. The first-order chi connectivity index (χ1) is 19.7. The zero-order valence-corrected chi connectivity index (χ0v) is 21.9. The van der Waals surface area contributed by atoms with Gasteiger partial charge in [0.1, 0.15) is 0 Å². The van der Waals surface area contributed by atoms with Crippen LogP contribution in [0.1, 0.15) is 23.1 Å². The smallest absolute Gasteiger partial charge is 0.259 e. The van der Waals surface area contributed by atoms with Crippen LogP contribution in [0, 0.1) is 0 Å². The zero-order chi connectivity index (χ0) is 27.1. The van der Waals surface area contributed by atoms with E-state index in [1.54, 1.807) is 0 Å². The Morgan fingerprint density at radius 1 is 0.650 bits per heavy atom. The number of nitrogens with one attached hydrogen (secondary N) is 2. The van der Waals surface area contributed by atoms with Crippen LogP contribution in [-0.4, -0.2) is 21.4 Å². The number of hydrogen-bond acceptors (Lipinski definition) is 2. The summed E-state index contributed by atoms with van der Waals surface area (Å²) in [5.74, 6) is -0.657. The van der Waals surface area contributed by atoms with Gasteiger partial charge in [0.25, 0.3) is 11.8 Å². The summed E-state index contributed by atoms with van der Waals surface area (Å²) in [6.07, 6.45) is 6.11. The van der Waals surface area contributed by atoms with E-state index in [-0.39, 0.29) is 11.8 Å². The second kappa shape index (κ2) is 9.86. The topological polar surface area (TPSA) is 66.9 Å². The largest absolute Gasteiger partial charge is 0.361 e. The summed E-state index contributed by atoms with van der Waals surface area (Å²) >= 11 is 0. The molecule has 40 heavy (non-hydrogen) atoms. The Morgan fingerprint density at radius 2 is 1.38 bits per heavy atom. The lowest BCUT2D eigenvalue weighted by molar-refractivity contribution is -0.122. The van der Waals surface area contributed by atoms with Crippen LogP contribution in [0.5, 0.6) is 0 Å². The first kappa shape index (κ1) is 23.9. The minimum absolute atomic E-state index is 0.323. The molecule has 0 saturated carbocycles. The summed E-state index contributed by atoms with van der Waals surface area (Å²) in [6.45, 7) is 0.928. The van der Waals surface area contributed by atoms with Crippen LogP contribution in [-0.2, 0) is 22.6 Å². The van der Waals surface area contributed by atoms with Crippen molar-refractivity contribution in [2.24, 2.45) is 0 Å². The third kappa shape index (κ3) is 4.12. The van der Waals surface area contributed by atoms with Crippen LogP contribution >= 0.6 is 0 Å². The summed E-state index contributed by atoms with van der Waals surface area (Å²) in [6, 6.07) is 34.5. The highest BCUT2D eigenvalue weighted by atomic mass is 16.2. The van der Waals surface area contributed by atoms with Gasteiger partial charge in [-0.15, -0.1) is 0 Å². The minimum Gasteiger partial charge on any atom is -0.361 e. The van der Waals surface area contributed by atoms with Crippen molar-refractivity contribution in [1.82, 2.24) is 14.9 Å². The molecule has 0 spiro atoms. The van der Waals surface area contributed by atoms with E-state index >= 15 is 0 Å². The van der Waals surface area contributed by atoms with Crippen molar-refractivity contribution < 1.29 is 9.59 Å². The van der Waals surface area contributed by atoms with Gasteiger partial charge in [-0.05, 0) is 52.6 Å². The number of benzene rings is 4. The molecule has 2 aromatic heterocycles. The van der Waals surface area contributed by atoms with Gasteiger partial charge in [0.15, 0.2) is 0 Å². The summed E-state index contributed by atoms with van der Waals surface area (Å²) < 4.78 is 2.22. The van der Waals surface area contributed by atoms with Gasteiger partial charge >= 0.3 is 0 Å². The van der Waals surface area contributed by atoms with E-state index in [2.05, 4.69) is 57.3 Å². The number of nitrogens with zero attached hydrogens (tertiary/aromatic N) is 1. The van der Waals surface area contributed by atoms with Crippen LogP contribution < -0.4 is 5.32 Å². The van der Waals surface area contributed by atoms with Crippen LogP contribution in [0.2, 0.25) is 0 Å². The van der Waals surface area contributed by atoms with Gasteiger partial charge in [0.05, 0.1) is 16.7 Å². The molecule has 4 aromatic carbocycles. The Hall–Kier alpha value is -5.16. The molecular formula is C35H27N3O2. The number of H-pyrrole nitrogens is 1. The predicted octanol–water partition coefficient (Wildman–Crippen LogP) is 6.99. The van der Waals surface area contributed by atoms with Crippen molar-refractivity contribution in [3.05, 3.63) is 132 Å². The average molecular weight is 522 g/mol. The highest BCUT2D eigenvalue weighted by Gasteiger charge is 2.34. The van der Waals surface area contributed by atoms with E-state index in [1.807, 2.05) is 73.1 Å². The van der Waals surface area contributed by atoms with Gasteiger partial charge in [-0.3, -0.25) is 14.9 Å². The van der Waals surface area contributed by atoms with E-state index < -0.39 is 0 Å². The Morgan fingerprint density at radius 3 is 2.20 bits per heavy atom. The molecule has 0 unspecified atom stereocenters. The summed E-state index contributed by atoms with van der Waals surface area (Å²) in [7, 11) is 0. The van der Waals surface area contributed by atoms with E-state index in [4.69, 9.17) is 0 Å². The first-order valence-electron chi connectivity index (χ1n) is 13.6. The Bertz CT molecular complexity index is 1890. The predicted molar refractivity (Wildman–Crippen MR) is 160 cm³/mol. The van der Waals surface area contributed by atoms with Gasteiger partial charge < -0.3 is 9.55 Å². The molecule has 2 amide bonds. The van der Waals surface area contributed by atoms with Gasteiger partial charge in [-0.2, -0.15) is 0 Å². The summed E-state index contributed by atoms with van der Waals surface area (Å²) in [5, 5.41) is 4.83. The SMILES string of the molecule is O=C1NC(=O)C(c2cn3c4c(cccc24)CCC3)=C1c1ccc(-c2ccccc2)cc1.c1ccc2[nH]ccc2c1. The fraction of sp³-hybridized carbons (Fsp3) is 0.0857. The van der Waals surface area contributed by atoms with Gasteiger partial charge in [0.2, 0.25) is 0 Å². The summed E-state index contributed by atoms with van der Waals surface area (Å²) in [4.78, 5) is 28.8. The molecule has 2 aliphatic rings. The highest BCUT2D eigenvalue weighted by Crippen LogP contribution is 2.38. The van der Waals surface area contributed by atoms with E-state index in [0.717, 1.165) is 47.0 Å². The van der Waals surface area contributed by atoms with Crippen molar-refractivity contribution in [1.29, 1.82) is 0 Å². The molecule has 6 aromatic rings. The number of aromatic nitrogens is 2. The molecular weight excluding hydrogens is 494 g/mol. The molecule has 2 aliphatic heterocycles. The van der Waals surface area contributed by atoms with Crippen molar-refractivity contribution in [2.45, 2.75) is 19.4 Å². The number of aromatic amines is 1. The second-order valence-electron chi connectivity index (χ2n) is 10.2. The maximum atomic E-state index is 12.9.